The number of likely N-dealkylation sites (N-methyl/N-ethyl adjacent to an activating group) is 1. The molecule has 8 heteroatoms. The third-order valence-electron chi connectivity index (χ3n) is 6.30. The molecule has 7 nitrogen and oxygen atoms in total. The van der Waals surface area contributed by atoms with Crippen LogP contribution in [0.5, 0.6) is 0 Å². The Labute approximate surface area is 180 Å². The van der Waals surface area contributed by atoms with Crippen LogP contribution >= 0.6 is 0 Å². The van der Waals surface area contributed by atoms with Crippen molar-refractivity contribution in [3.05, 3.63) is 29.8 Å². The van der Waals surface area contributed by atoms with Crippen LogP contribution in [-0.4, -0.2) is 74.2 Å². The number of rotatable bonds is 5. The highest BCUT2D eigenvalue weighted by molar-refractivity contribution is 7.89. The zero-order valence-corrected chi connectivity index (χ0v) is 18.6. The van der Waals surface area contributed by atoms with E-state index in [1.54, 1.807) is 17.0 Å². The Hall–Kier alpha value is -1.95. The second-order valence-electron chi connectivity index (χ2n) is 8.31. The van der Waals surface area contributed by atoms with E-state index in [4.69, 9.17) is 0 Å². The predicted molar refractivity (Wildman–Crippen MR) is 115 cm³/mol. The van der Waals surface area contributed by atoms with Gasteiger partial charge in [0.1, 0.15) is 6.07 Å². The van der Waals surface area contributed by atoms with Gasteiger partial charge in [0.25, 0.3) is 0 Å². The lowest BCUT2D eigenvalue weighted by molar-refractivity contribution is -0.133. The van der Waals surface area contributed by atoms with E-state index in [1.807, 2.05) is 13.1 Å². The maximum absolute atomic E-state index is 13.0. The van der Waals surface area contributed by atoms with Crippen molar-refractivity contribution in [2.75, 3.05) is 39.8 Å². The summed E-state index contributed by atoms with van der Waals surface area (Å²) in [6.07, 6.45) is 8.63. The lowest BCUT2D eigenvalue weighted by Gasteiger charge is -2.36. The number of carbonyl (C=O) groups is 1. The summed E-state index contributed by atoms with van der Waals surface area (Å²) in [4.78, 5) is 16.8. The Balaban J connectivity index is 1.55. The first-order valence-electron chi connectivity index (χ1n) is 10.9. The second-order valence-corrected chi connectivity index (χ2v) is 10.2. The number of piperazine rings is 1. The summed E-state index contributed by atoms with van der Waals surface area (Å²) in [7, 11) is -1.71. The third kappa shape index (κ3) is 5.39. The van der Waals surface area contributed by atoms with E-state index in [1.165, 1.54) is 48.5 Å². The predicted octanol–water partition coefficient (Wildman–Crippen LogP) is 2.44. The highest BCUT2D eigenvalue weighted by atomic mass is 32.2. The second kappa shape index (κ2) is 10.4. The molecule has 1 aromatic carbocycles. The van der Waals surface area contributed by atoms with E-state index >= 15 is 0 Å². The Morgan fingerprint density at radius 1 is 1.07 bits per heavy atom. The minimum absolute atomic E-state index is 0.0382. The van der Waals surface area contributed by atoms with Gasteiger partial charge >= 0.3 is 0 Å². The van der Waals surface area contributed by atoms with Crippen LogP contribution in [0, 0.1) is 11.3 Å². The molecule has 0 unspecified atom stereocenters. The summed E-state index contributed by atoms with van der Waals surface area (Å²) >= 11 is 0. The lowest BCUT2D eigenvalue weighted by Crippen LogP contribution is -2.53. The van der Waals surface area contributed by atoms with Gasteiger partial charge in [-0.3, -0.25) is 9.69 Å². The number of benzene rings is 1. The Morgan fingerprint density at radius 2 is 1.67 bits per heavy atom. The number of nitriles is 1. The van der Waals surface area contributed by atoms with Crippen LogP contribution in [0.3, 0.4) is 0 Å². The van der Waals surface area contributed by atoms with Gasteiger partial charge in [0, 0.05) is 32.2 Å². The van der Waals surface area contributed by atoms with Gasteiger partial charge in [0.2, 0.25) is 15.9 Å². The molecule has 1 amide bonds. The average molecular weight is 433 g/mol. The van der Waals surface area contributed by atoms with Crippen molar-refractivity contribution in [2.45, 2.75) is 55.9 Å². The number of hydrogen-bond acceptors (Lipinski definition) is 5. The molecule has 2 aliphatic rings. The molecule has 1 heterocycles. The quantitative estimate of drug-likeness (QED) is 0.713. The number of hydrogen-bond donors (Lipinski definition) is 0. The molecule has 164 valence electrons. The van der Waals surface area contributed by atoms with Crippen molar-refractivity contribution in [3.63, 3.8) is 0 Å². The van der Waals surface area contributed by atoms with Crippen LogP contribution in [0.25, 0.3) is 0 Å². The molecule has 1 aliphatic carbocycles. The molecule has 0 aromatic heterocycles. The fraction of sp³-hybridized carbons (Fsp3) is 0.636. The Kier molecular flexibility index (Phi) is 7.87. The normalized spacial score (nSPS) is 19.8. The van der Waals surface area contributed by atoms with Crippen molar-refractivity contribution in [1.29, 1.82) is 5.26 Å². The van der Waals surface area contributed by atoms with Crippen LogP contribution in [-0.2, 0) is 14.8 Å². The minimum Gasteiger partial charge on any atom is -0.339 e. The van der Waals surface area contributed by atoms with Gasteiger partial charge < -0.3 is 4.90 Å². The Bertz CT molecular complexity index is 865. The van der Waals surface area contributed by atoms with Gasteiger partial charge in [-0.2, -0.15) is 9.57 Å². The van der Waals surface area contributed by atoms with Gasteiger partial charge in [0.15, 0.2) is 0 Å². The standard InChI is InChI=1S/C22H32N4O3S/c1-24(20-10-5-3-2-4-6-11-20)18-22(27)25-13-15-26(16-14-25)30(28,29)21-12-8-7-9-19(21)17-23/h7-9,12,20H,2-6,10-11,13-16,18H2,1H3. The number of amides is 1. The molecule has 0 atom stereocenters. The zero-order valence-electron chi connectivity index (χ0n) is 17.8. The average Bonchev–Trinajstić information content (AvgIpc) is 2.73. The van der Waals surface area contributed by atoms with Crippen LogP contribution in [0.2, 0.25) is 0 Å². The lowest BCUT2D eigenvalue weighted by atomic mass is 9.96. The first-order chi connectivity index (χ1) is 14.4. The molecule has 2 fully saturated rings. The molecular weight excluding hydrogens is 400 g/mol. The van der Waals surface area contributed by atoms with E-state index in [-0.39, 0.29) is 29.5 Å². The number of nitrogens with zero attached hydrogens (tertiary/aromatic N) is 4. The van der Waals surface area contributed by atoms with E-state index in [9.17, 15) is 18.5 Å². The fourth-order valence-electron chi connectivity index (χ4n) is 4.42. The highest BCUT2D eigenvalue weighted by Gasteiger charge is 2.32. The summed E-state index contributed by atoms with van der Waals surface area (Å²) in [5.74, 6) is 0.0639. The molecule has 1 saturated heterocycles. The van der Waals surface area contributed by atoms with Gasteiger partial charge in [-0.25, -0.2) is 8.42 Å². The zero-order chi connectivity index (χ0) is 21.6. The third-order valence-corrected chi connectivity index (χ3v) is 8.26. The van der Waals surface area contributed by atoms with Gasteiger partial charge in [-0.15, -0.1) is 0 Å². The van der Waals surface area contributed by atoms with Crippen LogP contribution < -0.4 is 0 Å². The molecule has 30 heavy (non-hydrogen) atoms. The largest absolute Gasteiger partial charge is 0.339 e. The van der Waals surface area contributed by atoms with Gasteiger partial charge in [0.05, 0.1) is 17.0 Å². The number of sulfonamides is 1. The van der Waals surface area contributed by atoms with E-state index in [2.05, 4.69) is 4.90 Å². The van der Waals surface area contributed by atoms with E-state index in [0.29, 0.717) is 25.7 Å². The summed E-state index contributed by atoms with van der Waals surface area (Å²) in [5, 5.41) is 9.23. The molecule has 1 saturated carbocycles. The molecule has 1 aliphatic heterocycles. The summed E-state index contributed by atoms with van der Waals surface area (Å²) in [6, 6.07) is 8.67. The van der Waals surface area contributed by atoms with Crippen molar-refractivity contribution in [1.82, 2.24) is 14.1 Å². The van der Waals surface area contributed by atoms with Gasteiger partial charge in [-0.1, -0.05) is 44.2 Å². The fourth-order valence-corrected chi connectivity index (χ4v) is 5.98. The molecule has 0 N–H and O–H groups in total. The maximum atomic E-state index is 13.0. The minimum atomic E-state index is -3.74. The molecule has 0 spiro atoms. The van der Waals surface area contributed by atoms with Crippen molar-refractivity contribution in [3.8, 4) is 6.07 Å². The summed E-state index contributed by atoms with van der Waals surface area (Å²) in [6.45, 7) is 1.65. The highest BCUT2D eigenvalue weighted by Crippen LogP contribution is 2.22. The molecular formula is C22H32N4O3S. The van der Waals surface area contributed by atoms with Crippen LogP contribution in [0.1, 0.15) is 50.5 Å². The van der Waals surface area contributed by atoms with Gasteiger partial charge in [-0.05, 0) is 32.0 Å². The van der Waals surface area contributed by atoms with Crippen LogP contribution in [0.4, 0.5) is 0 Å². The smallest absolute Gasteiger partial charge is 0.244 e. The summed E-state index contributed by atoms with van der Waals surface area (Å²) in [5.41, 5.74) is 0.150. The summed E-state index contributed by atoms with van der Waals surface area (Å²) < 4.78 is 27.3. The topological polar surface area (TPSA) is 84.7 Å². The van der Waals surface area contributed by atoms with Crippen molar-refractivity contribution >= 4 is 15.9 Å². The molecule has 0 radical (unpaired) electrons. The monoisotopic (exact) mass is 432 g/mol. The number of carbonyl (C=O) groups excluding carboxylic acids is 1. The molecule has 3 rings (SSSR count). The van der Waals surface area contributed by atoms with E-state index in [0.717, 1.165) is 12.8 Å². The molecule has 0 bridgehead atoms. The Morgan fingerprint density at radius 3 is 2.30 bits per heavy atom. The van der Waals surface area contributed by atoms with Crippen LogP contribution in [0.15, 0.2) is 29.2 Å². The first kappa shape index (κ1) is 22.7. The first-order valence-corrected chi connectivity index (χ1v) is 12.3. The molecule has 1 aromatic rings. The van der Waals surface area contributed by atoms with E-state index < -0.39 is 10.0 Å². The maximum Gasteiger partial charge on any atom is 0.244 e. The van der Waals surface area contributed by atoms with Crippen molar-refractivity contribution in [2.24, 2.45) is 0 Å². The van der Waals surface area contributed by atoms with Crippen molar-refractivity contribution < 1.29 is 13.2 Å². The SMILES string of the molecule is CN(CC(=O)N1CCN(S(=O)(=O)c2ccccc2C#N)CC1)C1CCCCCCC1.